The number of carbonyl (C=O) groups excluding carboxylic acids is 1. The molecule has 2 rings (SSSR count). The minimum atomic E-state index is -0.250. The molecule has 1 aliphatic carbocycles. The van der Waals surface area contributed by atoms with Crippen LogP contribution in [0.2, 0.25) is 0 Å². The quantitative estimate of drug-likeness (QED) is 0.841. The summed E-state index contributed by atoms with van der Waals surface area (Å²) in [6, 6.07) is 6.80. The molecule has 4 heteroatoms. The summed E-state index contributed by atoms with van der Waals surface area (Å²) in [6.45, 7) is 0.259. The van der Waals surface area contributed by atoms with Gasteiger partial charge in [-0.05, 0) is 30.9 Å². The first-order valence-corrected chi connectivity index (χ1v) is 7.21. The second-order valence-corrected chi connectivity index (χ2v) is 5.31. The number of phenols is 1. The molecule has 1 fully saturated rings. The van der Waals surface area contributed by atoms with Gasteiger partial charge in [0.05, 0.1) is 13.0 Å². The molecule has 0 bridgehead atoms. The van der Waals surface area contributed by atoms with Gasteiger partial charge in [0.15, 0.2) is 11.5 Å². The fraction of sp³-hybridized carbons (Fsp3) is 0.562. The Balaban J connectivity index is 2.00. The van der Waals surface area contributed by atoms with E-state index < -0.39 is 0 Å². The van der Waals surface area contributed by atoms with Crippen LogP contribution in [0.4, 0.5) is 0 Å². The summed E-state index contributed by atoms with van der Waals surface area (Å²) < 4.78 is 10.5. The van der Waals surface area contributed by atoms with E-state index in [1.165, 1.54) is 13.5 Å². The van der Waals surface area contributed by atoms with Crippen molar-refractivity contribution < 1.29 is 19.4 Å². The second-order valence-electron chi connectivity index (χ2n) is 5.31. The Morgan fingerprint density at radius 1 is 1.30 bits per heavy atom. The number of aromatic hydroxyl groups is 1. The van der Waals surface area contributed by atoms with Crippen molar-refractivity contribution in [2.75, 3.05) is 13.7 Å². The molecule has 1 saturated carbocycles. The SMILES string of the molecule is COC(=O)C(COc1ccccc1O)C1CCCCC1. The van der Waals surface area contributed by atoms with Crippen LogP contribution in [0.25, 0.3) is 0 Å². The number of hydrogen-bond donors (Lipinski definition) is 1. The molecule has 1 aliphatic rings. The zero-order chi connectivity index (χ0) is 14.4. The molecule has 4 nitrogen and oxygen atoms in total. The molecule has 0 heterocycles. The van der Waals surface area contributed by atoms with Crippen molar-refractivity contribution in [1.82, 2.24) is 0 Å². The van der Waals surface area contributed by atoms with Gasteiger partial charge in [-0.15, -0.1) is 0 Å². The van der Waals surface area contributed by atoms with Crippen molar-refractivity contribution >= 4 is 5.97 Å². The molecular formula is C16H22O4. The highest BCUT2D eigenvalue weighted by atomic mass is 16.5. The van der Waals surface area contributed by atoms with Crippen molar-refractivity contribution in [2.45, 2.75) is 32.1 Å². The lowest BCUT2D eigenvalue weighted by atomic mass is 9.80. The minimum absolute atomic E-state index is 0.0970. The van der Waals surface area contributed by atoms with Gasteiger partial charge < -0.3 is 14.6 Å². The summed E-state index contributed by atoms with van der Waals surface area (Å²) in [5.41, 5.74) is 0. The predicted octanol–water partition coefficient (Wildman–Crippen LogP) is 3.14. The van der Waals surface area contributed by atoms with Crippen molar-refractivity contribution in [2.24, 2.45) is 11.8 Å². The van der Waals surface area contributed by atoms with Gasteiger partial charge in [0.25, 0.3) is 0 Å². The van der Waals surface area contributed by atoms with E-state index in [0.29, 0.717) is 11.7 Å². The third kappa shape index (κ3) is 3.65. The van der Waals surface area contributed by atoms with E-state index >= 15 is 0 Å². The zero-order valence-electron chi connectivity index (χ0n) is 11.9. The smallest absolute Gasteiger partial charge is 0.312 e. The normalized spacial score (nSPS) is 17.4. The number of methoxy groups -OCH3 is 1. The molecule has 1 aromatic carbocycles. The zero-order valence-corrected chi connectivity index (χ0v) is 11.9. The second kappa shape index (κ2) is 7.17. The van der Waals surface area contributed by atoms with Gasteiger partial charge in [0.2, 0.25) is 0 Å². The van der Waals surface area contributed by atoms with Crippen LogP contribution in [0.3, 0.4) is 0 Å². The van der Waals surface area contributed by atoms with Crippen LogP contribution in [0.1, 0.15) is 32.1 Å². The molecule has 0 radical (unpaired) electrons. The van der Waals surface area contributed by atoms with Crippen molar-refractivity contribution in [3.05, 3.63) is 24.3 Å². The van der Waals surface area contributed by atoms with Crippen molar-refractivity contribution in [3.8, 4) is 11.5 Å². The van der Waals surface area contributed by atoms with E-state index in [4.69, 9.17) is 9.47 Å². The molecule has 1 unspecified atom stereocenters. The molecule has 1 N–H and O–H groups in total. The minimum Gasteiger partial charge on any atom is -0.504 e. The first kappa shape index (κ1) is 14.7. The number of carbonyl (C=O) groups is 1. The molecule has 1 aromatic rings. The van der Waals surface area contributed by atoms with E-state index in [1.54, 1.807) is 24.3 Å². The van der Waals surface area contributed by atoms with E-state index in [0.717, 1.165) is 25.7 Å². The highest BCUT2D eigenvalue weighted by Gasteiger charge is 2.31. The summed E-state index contributed by atoms with van der Waals surface area (Å²) in [7, 11) is 1.41. The van der Waals surface area contributed by atoms with E-state index in [-0.39, 0.29) is 24.2 Å². The maximum atomic E-state index is 12.0. The monoisotopic (exact) mass is 278 g/mol. The largest absolute Gasteiger partial charge is 0.504 e. The summed E-state index contributed by atoms with van der Waals surface area (Å²) in [4.78, 5) is 12.0. The molecule has 110 valence electrons. The lowest BCUT2D eigenvalue weighted by Gasteiger charge is -2.28. The number of hydrogen-bond acceptors (Lipinski definition) is 4. The van der Waals surface area contributed by atoms with Crippen LogP contribution in [-0.2, 0) is 9.53 Å². The van der Waals surface area contributed by atoms with Crippen LogP contribution in [0.15, 0.2) is 24.3 Å². The third-order valence-electron chi connectivity index (χ3n) is 4.01. The maximum Gasteiger partial charge on any atom is 0.312 e. The molecule has 0 aromatic heterocycles. The topological polar surface area (TPSA) is 55.8 Å². The summed E-state index contributed by atoms with van der Waals surface area (Å²) in [5.74, 6) is 0.367. The molecule has 1 atom stereocenters. The van der Waals surface area contributed by atoms with Crippen LogP contribution >= 0.6 is 0 Å². The Morgan fingerprint density at radius 2 is 2.00 bits per heavy atom. The molecule has 0 aliphatic heterocycles. The van der Waals surface area contributed by atoms with Crippen LogP contribution < -0.4 is 4.74 Å². The average Bonchev–Trinajstić information content (AvgIpc) is 2.50. The van der Waals surface area contributed by atoms with Crippen molar-refractivity contribution in [1.29, 1.82) is 0 Å². The Kier molecular flexibility index (Phi) is 5.27. The van der Waals surface area contributed by atoms with Gasteiger partial charge in [0, 0.05) is 0 Å². The van der Waals surface area contributed by atoms with E-state index in [1.807, 2.05) is 0 Å². The Morgan fingerprint density at radius 3 is 2.65 bits per heavy atom. The third-order valence-corrected chi connectivity index (χ3v) is 4.01. The number of rotatable bonds is 5. The first-order valence-electron chi connectivity index (χ1n) is 7.21. The molecule has 0 amide bonds. The number of esters is 1. The summed E-state index contributed by atoms with van der Waals surface area (Å²) >= 11 is 0. The van der Waals surface area contributed by atoms with Gasteiger partial charge in [-0.1, -0.05) is 31.4 Å². The number of phenolic OH excluding ortho intramolecular Hbond substituents is 1. The van der Waals surface area contributed by atoms with Gasteiger partial charge >= 0.3 is 5.97 Å². The molecular weight excluding hydrogens is 256 g/mol. The first-order chi connectivity index (χ1) is 9.72. The Hall–Kier alpha value is -1.71. The fourth-order valence-corrected chi connectivity index (χ4v) is 2.84. The maximum absolute atomic E-state index is 12.0. The number of ether oxygens (including phenoxy) is 2. The number of para-hydroxylation sites is 2. The Labute approximate surface area is 119 Å². The van der Waals surface area contributed by atoms with Crippen molar-refractivity contribution in [3.63, 3.8) is 0 Å². The molecule has 0 spiro atoms. The highest BCUT2D eigenvalue weighted by molar-refractivity contribution is 5.72. The van der Waals surface area contributed by atoms with Gasteiger partial charge in [-0.3, -0.25) is 4.79 Å². The van der Waals surface area contributed by atoms with Gasteiger partial charge in [-0.2, -0.15) is 0 Å². The van der Waals surface area contributed by atoms with Crippen LogP contribution in [0.5, 0.6) is 11.5 Å². The average molecular weight is 278 g/mol. The van der Waals surface area contributed by atoms with Crippen LogP contribution in [0, 0.1) is 11.8 Å². The van der Waals surface area contributed by atoms with Gasteiger partial charge in [0.1, 0.15) is 6.61 Å². The van der Waals surface area contributed by atoms with E-state index in [2.05, 4.69) is 0 Å². The molecule has 20 heavy (non-hydrogen) atoms. The fourth-order valence-electron chi connectivity index (χ4n) is 2.84. The Bertz CT molecular complexity index is 438. The highest BCUT2D eigenvalue weighted by Crippen LogP contribution is 2.32. The standard InChI is InChI=1S/C16H22O4/c1-19-16(18)13(12-7-3-2-4-8-12)11-20-15-10-6-5-9-14(15)17/h5-6,9-10,12-13,17H,2-4,7-8,11H2,1H3. The summed E-state index contributed by atoms with van der Waals surface area (Å²) in [6.07, 6.45) is 5.65. The lowest BCUT2D eigenvalue weighted by Crippen LogP contribution is -2.31. The van der Waals surface area contributed by atoms with E-state index in [9.17, 15) is 9.90 Å². The predicted molar refractivity (Wildman–Crippen MR) is 75.7 cm³/mol. The van der Waals surface area contributed by atoms with Crippen LogP contribution in [-0.4, -0.2) is 24.8 Å². The number of benzene rings is 1. The summed E-state index contributed by atoms with van der Waals surface area (Å²) in [5, 5.41) is 9.69. The molecule has 0 saturated heterocycles. The lowest BCUT2D eigenvalue weighted by molar-refractivity contribution is -0.149. The van der Waals surface area contributed by atoms with Gasteiger partial charge in [-0.25, -0.2) is 0 Å².